The molecule has 2 heterocycles. The first-order valence-electron chi connectivity index (χ1n) is 13.5. The molecule has 0 amide bonds. The third-order valence-electron chi connectivity index (χ3n) is 7.86. The van der Waals surface area contributed by atoms with E-state index in [9.17, 15) is 4.79 Å². The largest absolute Gasteiger partial charge is 0.477 e. The van der Waals surface area contributed by atoms with Gasteiger partial charge in [0.25, 0.3) is 0 Å². The van der Waals surface area contributed by atoms with Gasteiger partial charge in [0.15, 0.2) is 0 Å². The molecule has 0 radical (unpaired) electrons. The molecule has 35 heavy (non-hydrogen) atoms. The Labute approximate surface area is 210 Å². The lowest BCUT2D eigenvalue weighted by atomic mass is 9.83. The van der Waals surface area contributed by atoms with Crippen LogP contribution in [0.5, 0.6) is 0 Å². The van der Waals surface area contributed by atoms with Crippen LogP contribution < -0.4 is 0 Å². The van der Waals surface area contributed by atoms with Crippen LogP contribution in [-0.4, -0.2) is 53.1 Å². The van der Waals surface area contributed by atoms with Crippen molar-refractivity contribution in [3.05, 3.63) is 70.5 Å². The number of aliphatic carboxylic acids is 1. The lowest BCUT2D eigenvalue weighted by Crippen LogP contribution is -2.40. The van der Waals surface area contributed by atoms with Gasteiger partial charge in [0.05, 0.1) is 0 Å². The zero-order valence-electron chi connectivity index (χ0n) is 20.9. The Morgan fingerprint density at radius 2 is 1.63 bits per heavy atom. The first-order chi connectivity index (χ1) is 17.2. The van der Waals surface area contributed by atoms with Crippen molar-refractivity contribution in [2.24, 2.45) is 0 Å². The number of nitrogens with zero attached hydrogens (tertiary/aromatic N) is 3. The number of piperidine rings is 2. The summed E-state index contributed by atoms with van der Waals surface area (Å²) in [5, 5.41) is 18.1. The van der Waals surface area contributed by atoms with Crippen molar-refractivity contribution in [3.8, 4) is 6.07 Å². The number of allylic oxidation sites excluding steroid dienone is 10. The molecule has 0 saturated carbocycles. The maximum absolute atomic E-state index is 11.1. The van der Waals surface area contributed by atoms with E-state index in [1.807, 2.05) is 6.08 Å². The molecule has 186 valence electrons. The van der Waals surface area contributed by atoms with Crippen LogP contribution in [0.2, 0.25) is 0 Å². The molecule has 2 fully saturated rings. The first-order valence-corrected chi connectivity index (χ1v) is 13.5. The molecule has 0 aromatic rings. The number of carboxylic acids is 1. The minimum atomic E-state index is -1.19. The summed E-state index contributed by atoms with van der Waals surface area (Å²) in [6.45, 7) is 4.85. The fourth-order valence-corrected chi connectivity index (χ4v) is 5.86. The van der Waals surface area contributed by atoms with Crippen molar-refractivity contribution in [2.45, 2.75) is 76.7 Å². The van der Waals surface area contributed by atoms with E-state index in [2.05, 4.69) is 34.1 Å². The van der Waals surface area contributed by atoms with Crippen LogP contribution >= 0.6 is 0 Å². The van der Waals surface area contributed by atoms with Crippen LogP contribution in [0.4, 0.5) is 0 Å². The normalized spacial score (nSPS) is 25.1. The summed E-state index contributed by atoms with van der Waals surface area (Å²) in [4.78, 5) is 16.3. The van der Waals surface area contributed by atoms with E-state index >= 15 is 0 Å². The predicted molar refractivity (Wildman–Crippen MR) is 141 cm³/mol. The number of hydrogen-bond donors (Lipinski definition) is 1. The van der Waals surface area contributed by atoms with Gasteiger partial charge in [-0.05, 0) is 106 Å². The highest BCUT2D eigenvalue weighted by atomic mass is 16.4. The fourth-order valence-electron chi connectivity index (χ4n) is 5.86. The van der Waals surface area contributed by atoms with E-state index in [-0.39, 0.29) is 5.57 Å². The number of nitriles is 1. The molecular formula is C30H39N3O2. The molecule has 1 atom stereocenters. The fraction of sp³-hybridized carbons (Fsp3) is 0.533. The molecule has 4 aliphatic rings. The summed E-state index contributed by atoms with van der Waals surface area (Å²) in [5.41, 5.74) is 5.26. The van der Waals surface area contributed by atoms with Crippen LogP contribution in [0.25, 0.3) is 0 Å². The van der Waals surface area contributed by atoms with Crippen molar-refractivity contribution < 1.29 is 9.90 Å². The minimum absolute atomic E-state index is 0.247. The standard InChI is InChI=1S/C30H39N3O2/c31-23-26(30(34)35)9-3-4-10-29(24-11-15-27(16-12-24)32-19-5-1-6-20-32)25-13-17-28(18-14-25)33-21-7-2-8-22-33/h3-4,9-11,13,15,28H,1-2,5-8,12,14,16-22H2,(H,34,35)/b4-3+,26-9+,29-10+. The summed E-state index contributed by atoms with van der Waals surface area (Å²) in [5.74, 6) is -1.19. The highest BCUT2D eigenvalue weighted by molar-refractivity contribution is 5.91. The van der Waals surface area contributed by atoms with Gasteiger partial charge in [-0.25, -0.2) is 4.79 Å². The van der Waals surface area contributed by atoms with Crippen molar-refractivity contribution >= 4 is 5.97 Å². The third kappa shape index (κ3) is 6.86. The molecule has 0 aromatic carbocycles. The van der Waals surface area contributed by atoms with Gasteiger partial charge in [-0.15, -0.1) is 0 Å². The van der Waals surface area contributed by atoms with E-state index in [4.69, 9.17) is 10.4 Å². The van der Waals surface area contributed by atoms with Gasteiger partial charge < -0.3 is 14.9 Å². The van der Waals surface area contributed by atoms with E-state index in [1.165, 1.54) is 99.6 Å². The molecule has 2 saturated heterocycles. The number of carboxylic acid groups (broad SMARTS) is 1. The topological polar surface area (TPSA) is 67.6 Å². The van der Waals surface area contributed by atoms with E-state index in [1.54, 1.807) is 12.1 Å². The van der Waals surface area contributed by atoms with Gasteiger partial charge in [-0.1, -0.05) is 36.8 Å². The summed E-state index contributed by atoms with van der Waals surface area (Å²) >= 11 is 0. The smallest absolute Gasteiger partial charge is 0.346 e. The van der Waals surface area contributed by atoms with E-state index in [0.29, 0.717) is 6.04 Å². The Balaban J connectivity index is 1.53. The highest BCUT2D eigenvalue weighted by Crippen LogP contribution is 2.36. The highest BCUT2D eigenvalue weighted by Gasteiger charge is 2.25. The van der Waals surface area contributed by atoms with Crippen LogP contribution in [0, 0.1) is 11.3 Å². The van der Waals surface area contributed by atoms with Gasteiger partial charge in [0.1, 0.15) is 11.6 Å². The maximum atomic E-state index is 11.1. The van der Waals surface area contributed by atoms with Gasteiger partial charge in [-0.2, -0.15) is 5.26 Å². The molecule has 1 unspecified atom stereocenters. The summed E-state index contributed by atoms with van der Waals surface area (Å²) < 4.78 is 0. The van der Waals surface area contributed by atoms with Crippen LogP contribution in [0.15, 0.2) is 70.5 Å². The Bertz CT molecular complexity index is 993. The van der Waals surface area contributed by atoms with Gasteiger partial charge in [0, 0.05) is 24.8 Å². The lowest BCUT2D eigenvalue weighted by Gasteiger charge is -2.37. The molecule has 2 aliphatic carbocycles. The maximum Gasteiger partial charge on any atom is 0.346 e. The second kappa shape index (κ2) is 12.7. The lowest BCUT2D eigenvalue weighted by molar-refractivity contribution is -0.132. The molecule has 0 spiro atoms. The zero-order chi connectivity index (χ0) is 24.5. The Hall–Kier alpha value is -2.84. The van der Waals surface area contributed by atoms with Crippen LogP contribution in [0.3, 0.4) is 0 Å². The summed E-state index contributed by atoms with van der Waals surface area (Å²) in [6.07, 6.45) is 27.6. The molecule has 1 N–H and O–H groups in total. The molecule has 0 aromatic heterocycles. The summed E-state index contributed by atoms with van der Waals surface area (Å²) in [6, 6.07) is 2.40. The Morgan fingerprint density at radius 1 is 0.914 bits per heavy atom. The molecule has 2 aliphatic heterocycles. The predicted octanol–water partition coefficient (Wildman–Crippen LogP) is 6.06. The Morgan fingerprint density at radius 3 is 2.23 bits per heavy atom. The SMILES string of the molecule is N#C\C(=C/C=C/C=C(\C1=CC=C(N2CCCCC2)CC1)C1=CCC(N2CCCCC2)CC1)C(=O)O. The number of carbonyl (C=O) groups is 1. The minimum Gasteiger partial charge on any atom is -0.477 e. The van der Waals surface area contributed by atoms with Crippen LogP contribution in [0.1, 0.15) is 70.6 Å². The summed E-state index contributed by atoms with van der Waals surface area (Å²) in [7, 11) is 0. The Kier molecular flexibility index (Phi) is 9.20. The van der Waals surface area contributed by atoms with Crippen molar-refractivity contribution in [3.63, 3.8) is 0 Å². The molecule has 5 nitrogen and oxygen atoms in total. The van der Waals surface area contributed by atoms with E-state index in [0.717, 1.165) is 25.7 Å². The first kappa shape index (κ1) is 25.3. The average molecular weight is 474 g/mol. The monoisotopic (exact) mass is 473 g/mol. The quantitative estimate of drug-likeness (QED) is 0.277. The molecule has 0 bridgehead atoms. The van der Waals surface area contributed by atoms with Crippen molar-refractivity contribution in [2.75, 3.05) is 26.2 Å². The number of rotatable bonds is 7. The second-order valence-corrected chi connectivity index (χ2v) is 10.1. The van der Waals surface area contributed by atoms with Crippen LogP contribution in [-0.2, 0) is 4.79 Å². The molecular weight excluding hydrogens is 434 g/mol. The number of likely N-dealkylation sites (tertiary alicyclic amines) is 2. The van der Waals surface area contributed by atoms with Gasteiger partial charge >= 0.3 is 5.97 Å². The van der Waals surface area contributed by atoms with Crippen molar-refractivity contribution in [1.82, 2.24) is 9.80 Å². The zero-order valence-corrected chi connectivity index (χ0v) is 20.9. The third-order valence-corrected chi connectivity index (χ3v) is 7.86. The number of hydrogen-bond acceptors (Lipinski definition) is 4. The van der Waals surface area contributed by atoms with Gasteiger partial charge in [0.2, 0.25) is 0 Å². The second-order valence-electron chi connectivity index (χ2n) is 10.1. The average Bonchev–Trinajstić information content (AvgIpc) is 2.92. The van der Waals surface area contributed by atoms with Gasteiger partial charge in [-0.3, -0.25) is 0 Å². The van der Waals surface area contributed by atoms with E-state index < -0.39 is 5.97 Å². The molecule has 5 heteroatoms. The molecule has 4 rings (SSSR count). The van der Waals surface area contributed by atoms with Crippen molar-refractivity contribution in [1.29, 1.82) is 5.26 Å².